The summed E-state index contributed by atoms with van der Waals surface area (Å²) in [6, 6.07) is 0. The maximum Gasteiger partial charge on any atom is 4.00 e. The SMILES string of the molecule is CC1=[C-]CC=C1.CC1=[C-]CC=C1.[Cl-].[H-].[Ti+4]. The molecule has 0 nitrogen and oxygen atoms in total. The Labute approximate surface area is 110 Å². The van der Waals surface area contributed by atoms with Crippen LogP contribution >= 0.6 is 0 Å². The van der Waals surface area contributed by atoms with Gasteiger partial charge in [0.1, 0.15) is 0 Å². The van der Waals surface area contributed by atoms with Crippen molar-refractivity contribution in [2.75, 3.05) is 0 Å². The molecule has 0 heterocycles. The summed E-state index contributed by atoms with van der Waals surface area (Å²) in [5, 5.41) is 0. The summed E-state index contributed by atoms with van der Waals surface area (Å²) in [6.45, 7) is 4.12. The first-order valence-corrected chi connectivity index (χ1v) is 4.27. The van der Waals surface area contributed by atoms with E-state index in [4.69, 9.17) is 0 Å². The Morgan fingerprint density at radius 2 is 1.36 bits per heavy atom. The molecular formula is C12H15ClTi. The molecule has 0 atom stereocenters. The number of rotatable bonds is 0. The van der Waals surface area contributed by atoms with Gasteiger partial charge in [-0.2, -0.15) is 12.2 Å². The average Bonchev–Trinajstić information content (AvgIpc) is 2.63. The van der Waals surface area contributed by atoms with Crippen molar-refractivity contribution >= 4 is 0 Å². The van der Waals surface area contributed by atoms with Gasteiger partial charge in [0, 0.05) is 0 Å². The van der Waals surface area contributed by atoms with Crippen molar-refractivity contribution in [2.45, 2.75) is 26.7 Å². The molecule has 74 valence electrons. The molecule has 0 spiro atoms. The molecule has 2 aliphatic carbocycles. The molecule has 2 heteroatoms. The standard InChI is InChI=1S/2C6H7.ClH.Ti.H/c2*1-6-4-2-3-5-6;;;/h2*2,4H,3H2,1H3;1H;;/q2*-1;;+4;-1/p-1. The zero-order chi connectivity index (χ0) is 8.81. The van der Waals surface area contributed by atoms with Gasteiger partial charge in [0.2, 0.25) is 0 Å². The molecule has 0 aliphatic heterocycles. The van der Waals surface area contributed by atoms with Gasteiger partial charge in [-0.3, -0.25) is 12.2 Å². The summed E-state index contributed by atoms with van der Waals surface area (Å²) in [7, 11) is 0. The molecule has 2 rings (SSSR count). The topological polar surface area (TPSA) is 0 Å². The zero-order valence-electron chi connectivity index (χ0n) is 9.60. The van der Waals surface area contributed by atoms with E-state index >= 15 is 0 Å². The molecule has 0 saturated carbocycles. The van der Waals surface area contributed by atoms with Gasteiger partial charge in [0.25, 0.3) is 0 Å². The molecule has 2 aliphatic rings. The van der Waals surface area contributed by atoms with Crippen molar-refractivity contribution in [3.63, 3.8) is 0 Å². The molecule has 0 saturated heterocycles. The maximum atomic E-state index is 3.12. The summed E-state index contributed by atoms with van der Waals surface area (Å²) in [6.07, 6.45) is 16.7. The molecule has 14 heavy (non-hydrogen) atoms. The molecule has 0 aromatic rings. The first-order chi connectivity index (χ1) is 5.79. The Morgan fingerprint density at radius 1 is 1.00 bits per heavy atom. The van der Waals surface area contributed by atoms with Crippen molar-refractivity contribution in [2.24, 2.45) is 0 Å². The Bertz CT molecular complexity index is 231. The smallest absolute Gasteiger partial charge is 1.00 e. The molecular weight excluding hydrogens is 227 g/mol. The van der Waals surface area contributed by atoms with Crippen molar-refractivity contribution in [1.82, 2.24) is 0 Å². The molecule has 0 aromatic heterocycles. The van der Waals surface area contributed by atoms with Gasteiger partial charge in [0.15, 0.2) is 0 Å². The van der Waals surface area contributed by atoms with Crippen LogP contribution in [0, 0.1) is 12.2 Å². The monoisotopic (exact) mass is 242 g/mol. The van der Waals surface area contributed by atoms with Crippen LogP contribution in [0.3, 0.4) is 0 Å². The van der Waals surface area contributed by atoms with E-state index in [1.54, 1.807) is 0 Å². The van der Waals surface area contributed by atoms with Gasteiger partial charge < -0.3 is 13.8 Å². The first-order valence-electron chi connectivity index (χ1n) is 4.27. The van der Waals surface area contributed by atoms with Crippen molar-refractivity contribution < 1.29 is 35.6 Å². The van der Waals surface area contributed by atoms with Crippen molar-refractivity contribution in [1.29, 1.82) is 0 Å². The van der Waals surface area contributed by atoms with Crippen LogP contribution in [0.25, 0.3) is 0 Å². The van der Waals surface area contributed by atoms with Gasteiger partial charge in [0.05, 0.1) is 0 Å². The minimum absolute atomic E-state index is 0. The zero-order valence-corrected chi connectivity index (χ0v) is 10.9. The molecule has 0 N–H and O–H groups in total. The number of allylic oxidation sites excluding steroid dienone is 8. The normalized spacial score (nSPS) is 15.9. The minimum Gasteiger partial charge on any atom is -1.00 e. The van der Waals surface area contributed by atoms with Crippen LogP contribution in [0.4, 0.5) is 0 Å². The minimum atomic E-state index is 0. The second-order valence-electron chi connectivity index (χ2n) is 2.93. The fourth-order valence-corrected chi connectivity index (χ4v) is 1.03. The summed E-state index contributed by atoms with van der Waals surface area (Å²) in [5.41, 5.74) is 2.55. The Morgan fingerprint density at radius 3 is 1.43 bits per heavy atom. The third-order valence-electron chi connectivity index (χ3n) is 1.73. The molecule has 0 aromatic carbocycles. The van der Waals surface area contributed by atoms with E-state index in [1.807, 2.05) is 0 Å². The van der Waals surface area contributed by atoms with E-state index in [0.29, 0.717) is 0 Å². The Kier molecular flexibility index (Phi) is 11.1. The quantitative estimate of drug-likeness (QED) is 0.429. The summed E-state index contributed by atoms with van der Waals surface area (Å²) >= 11 is 0. The average molecular weight is 243 g/mol. The Balaban J connectivity index is -0.000000160. The van der Waals surface area contributed by atoms with Crippen LogP contribution in [0.15, 0.2) is 35.5 Å². The number of hydrogen-bond acceptors (Lipinski definition) is 0. The summed E-state index contributed by atoms with van der Waals surface area (Å²) < 4.78 is 0. The fourth-order valence-electron chi connectivity index (χ4n) is 1.03. The van der Waals surface area contributed by atoms with Gasteiger partial charge in [-0.05, 0) is 0 Å². The van der Waals surface area contributed by atoms with Crippen molar-refractivity contribution in [3.8, 4) is 0 Å². The van der Waals surface area contributed by atoms with Crippen LogP contribution < -0.4 is 12.4 Å². The third kappa shape index (κ3) is 7.38. The molecule has 0 unspecified atom stereocenters. The Hall–Kier alpha value is -0.0357. The van der Waals surface area contributed by atoms with E-state index in [1.165, 1.54) is 11.1 Å². The molecule has 0 radical (unpaired) electrons. The largest absolute Gasteiger partial charge is 4.00 e. The first kappa shape index (κ1) is 16.4. The van der Waals surface area contributed by atoms with Crippen LogP contribution in [0.2, 0.25) is 0 Å². The van der Waals surface area contributed by atoms with Crippen molar-refractivity contribution in [3.05, 3.63) is 47.6 Å². The third-order valence-corrected chi connectivity index (χ3v) is 1.73. The number of halogens is 1. The van der Waals surface area contributed by atoms with Gasteiger partial charge in [-0.1, -0.05) is 13.8 Å². The van der Waals surface area contributed by atoms with Crippen LogP contribution in [-0.4, -0.2) is 0 Å². The summed E-state index contributed by atoms with van der Waals surface area (Å²) in [4.78, 5) is 0. The van der Waals surface area contributed by atoms with E-state index in [-0.39, 0.29) is 35.6 Å². The number of hydrogen-bond donors (Lipinski definition) is 0. The maximum absolute atomic E-state index is 3.12. The van der Waals surface area contributed by atoms with E-state index in [2.05, 4.69) is 50.3 Å². The van der Waals surface area contributed by atoms with Crippen LogP contribution in [-0.2, 0) is 21.7 Å². The molecule has 0 bridgehead atoms. The van der Waals surface area contributed by atoms with Gasteiger partial charge in [-0.15, -0.1) is 12.8 Å². The van der Waals surface area contributed by atoms with E-state index in [0.717, 1.165) is 12.8 Å². The molecule has 0 fully saturated rings. The fraction of sp³-hybridized carbons (Fsp3) is 0.333. The van der Waals surface area contributed by atoms with E-state index in [9.17, 15) is 0 Å². The van der Waals surface area contributed by atoms with E-state index < -0.39 is 0 Å². The van der Waals surface area contributed by atoms with Crippen LogP contribution in [0.1, 0.15) is 28.1 Å². The second kappa shape index (κ2) is 9.52. The van der Waals surface area contributed by atoms with Gasteiger partial charge >= 0.3 is 21.7 Å². The second-order valence-corrected chi connectivity index (χ2v) is 2.93. The van der Waals surface area contributed by atoms with Gasteiger partial charge in [-0.25, -0.2) is 23.3 Å². The predicted octanol–water partition coefficient (Wildman–Crippen LogP) is 0.506. The summed E-state index contributed by atoms with van der Waals surface area (Å²) in [5.74, 6) is 0. The van der Waals surface area contributed by atoms with Crippen LogP contribution in [0.5, 0.6) is 0 Å². The molecule has 0 amide bonds. The predicted molar refractivity (Wildman–Crippen MR) is 53.5 cm³/mol.